The fraction of sp³-hybridized carbons (Fsp3) is 0.350. The minimum absolute atomic E-state index is 0.0768. The molecule has 0 aliphatic rings. The van der Waals surface area contributed by atoms with Crippen molar-refractivity contribution in [1.82, 2.24) is 5.32 Å². The number of hydrogen-bond acceptors (Lipinski definition) is 4. The van der Waals surface area contributed by atoms with Gasteiger partial charge >= 0.3 is 0 Å². The van der Waals surface area contributed by atoms with E-state index in [0.29, 0.717) is 23.3 Å². The van der Waals surface area contributed by atoms with Crippen LogP contribution in [0.15, 0.2) is 36.4 Å². The maximum absolute atomic E-state index is 15.2. The van der Waals surface area contributed by atoms with Crippen LogP contribution in [0, 0.1) is 5.82 Å². The van der Waals surface area contributed by atoms with Crippen LogP contribution in [0.2, 0.25) is 5.02 Å². The minimum atomic E-state index is -0.567. The minimum Gasteiger partial charge on any atom is -0.453 e. The molecular weight excluding hydrogens is 371 g/mol. The number of benzene rings is 2. The van der Waals surface area contributed by atoms with Crippen LogP contribution < -0.4 is 15.8 Å². The smallest absolute Gasteiger partial charge is 0.218 e. The molecule has 2 atom stereocenters. The SMILES string of the molecule is CC[C@@H](N[C@@H](C)CC(N)=O)c1ccc(Cl)c(Oc2cccc(CO)c2)c1F. The van der Waals surface area contributed by atoms with Gasteiger partial charge in [-0.2, -0.15) is 0 Å². The summed E-state index contributed by atoms with van der Waals surface area (Å²) < 4.78 is 20.8. The van der Waals surface area contributed by atoms with Crippen molar-refractivity contribution in [2.75, 3.05) is 0 Å². The Morgan fingerprint density at radius 2 is 2.11 bits per heavy atom. The van der Waals surface area contributed by atoms with E-state index in [2.05, 4.69) is 5.32 Å². The topological polar surface area (TPSA) is 84.6 Å². The van der Waals surface area contributed by atoms with Gasteiger partial charge in [0.1, 0.15) is 5.75 Å². The lowest BCUT2D eigenvalue weighted by Gasteiger charge is -2.23. The Labute approximate surface area is 163 Å². The van der Waals surface area contributed by atoms with E-state index < -0.39 is 11.7 Å². The van der Waals surface area contributed by atoms with Gasteiger partial charge in [-0.25, -0.2) is 4.39 Å². The van der Waals surface area contributed by atoms with Gasteiger partial charge in [-0.15, -0.1) is 0 Å². The highest BCUT2D eigenvalue weighted by molar-refractivity contribution is 6.32. The van der Waals surface area contributed by atoms with Crippen LogP contribution in [0.4, 0.5) is 4.39 Å². The molecular formula is C20H24ClFN2O3. The van der Waals surface area contributed by atoms with E-state index in [9.17, 15) is 9.90 Å². The van der Waals surface area contributed by atoms with E-state index in [0.717, 1.165) is 0 Å². The Kier molecular flexibility index (Phi) is 7.59. The monoisotopic (exact) mass is 394 g/mol. The fourth-order valence-corrected chi connectivity index (χ4v) is 3.05. The number of nitrogens with two attached hydrogens (primary N) is 1. The summed E-state index contributed by atoms with van der Waals surface area (Å²) in [6.45, 7) is 3.58. The third-order valence-electron chi connectivity index (χ3n) is 4.16. The van der Waals surface area contributed by atoms with Crippen LogP contribution >= 0.6 is 11.6 Å². The molecule has 27 heavy (non-hydrogen) atoms. The van der Waals surface area contributed by atoms with Gasteiger partial charge in [0.25, 0.3) is 0 Å². The number of primary amides is 1. The quantitative estimate of drug-likeness (QED) is 0.598. The van der Waals surface area contributed by atoms with Crippen molar-refractivity contribution in [3.8, 4) is 11.5 Å². The van der Waals surface area contributed by atoms with E-state index in [1.165, 1.54) is 0 Å². The predicted octanol–water partition coefficient (Wildman–Crippen LogP) is 4.07. The zero-order valence-electron chi connectivity index (χ0n) is 15.3. The first-order chi connectivity index (χ1) is 12.8. The number of nitrogens with one attached hydrogen (secondary N) is 1. The maximum Gasteiger partial charge on any atom is 0.218 e. The lowest BCUT2D eigenvalue weighted by atomic mass is 10.0. The Morgan fingerprint density at radius 3 is 2.74 bits per heavy atom. The van der Waals surface area contributed by atoms with E-state index in [4.69, 9.17) is 22.1 Å². The molecule has 2 aromatic rings. The Bertz CT molecular complexity index is 801. The van der Waals surface area contributed by atoms with Crippen LogP contribution in [0.1, 0.15) is 43.9 Å². The van der Waals surface area contributed by atoms with Crippen molar-refractivity contribution in [2.24, 2.45) is 5.73 Å². The molecule has 0 saturated carbocycles. The molecule has 0 heterocycles. The second kappa shape index (κ2) is 9.69. The van der Waals surface area contributed by atoms with Gasteiger partial charge in [0.2, 0.25) is 5.91 Å². The van der Waals surface area contributed by atoms with Gasteiger partial charge < -0.3 is 20.9 Å². The molecule has 0 spiro atoms. The standard InChI is InChI=1S/C20H24ClFN2O3/c1-3-17(24-12(2)9-18(23)26)15-7-8-16(21)20(19(15)22)27-14-6-4-5-13(10-14)11-25/h4-8,10,12,17,24-25H,3,9,11H2,1-2H3,(H2,23,26)/t12-,17+/m0/s1. The van der Waals surface area contributed by atoms with Gasteiger partial charge in [-0.05, 0) is 37.1 Å². The summed E-state index contributed by atoms with van der Waals surface area (Å²) in [7, 11) is 0. The maximum atomic E-state index is 15.2. The van der Waals surface area contributed by atoms with Crippen LogP contribution in [-0.4, -0.2) is 17.1 Å². The molecule has 0 aromatic heterocycles. The molecule has 5 nitrogen and oxygen atoms in total. The first-order valence-electron chi connectivity index (χ1n) is 8.75. The Morgan fingerprint density at radius 1 is 1.37 bits per heavy atom. The van der Waals surface area contributed by atoms with Crippen molar-refractivity contribution in [1.29, 1.82) is 0 Å². The number of carbonyl (C=O) groups excluding carboxylic acids is 1. The summed E-state index contributed by atoms with van der Waals surface area (Å²) in [5, 5.41) is 12.6. The summed E-state index contributed by atoms with van der Waals surface area (Å²) in [4.78, 5) is 11.1. The first kappa shape index (κ1) is 21.2. The van der Waals surface area contributed by atoms with Gasteiger partial charge in [0.05, 0.1) is 11.6 Å². The highest BCUT2D eigenvalue weighted by Crippen LogP contribution is 2.36. The molecule has 2 rings (SSSR count). The molecule has 7 heteroatoms. The molecule has 1 amide bonds. The average molecular weight is 395 g/mol. The van der Waals surface area contributed by atoms with Gasteiger partial charge in [-0.3, -0.25) is 4.79 Å². The first-order valence-corrected chi connectivity index (χ1v) is 9.13. The molecule has 0 bridgehead atoms. The largest absolute Gasteiger partial charge is 0.453 e. The van der Waals surface area contributed by atoms with Crippen LogP contribution in [0.25, 0.3) is 0 Å². The normalized spacial score (nSPS) is 13.2. The average Bonchev–Trinajstić information content (AvgIpc) is 2.63. The van der Waals surface area contributed by atoms with E-state index >= 15 is 4.39 Å². The van der Waals surface area contributed by atoms with Gasteiger partial charge in [-0.1, -0.05) is 36.7 Å². The molecule has 0 saturated heterocycles. The highest BCUT2D eigenvalue weighted by atomic mass is 35.5. The zero-order chi connectivity index (χ0) is 20.0. The number of amides is 1. The molecule has 0 unspecified atom stereocenters. The number of rotatable bonds is 9. The number of aliphatic hydroxyl groups is 1. The predicted molar refractivity (Wildman–Crippen MR) is 103 cm³/mol. The van der Waals surface area contributed by atoms with Gasteiger partial charge in [0, 0.05) is 24.1 Å². The lowest BCUT2D eigenvalue weighted by Crippen LogP contribution is -2.34. The van der Waals surface area contributed by atoms with Crippen molar-refractivity contribution in [2.45, 2.75) is 45.4 Å². The van der Waals surface area contributed by atoms with E-state index in [1.54, 1.807) is 36.4 Å². The third-order valence-corrected chi connectivity index (χ3v) is 4.45. The molecule has 146 valence electrons. The van der Waals surface area contributed by atoms with E-state index in [1.807, 2.05) is 13.8 Å². The van der Waals surface area contributed by atoms with E-state index in [-0.39, 0.29) is 35.9 Å². The number of ether oxygens (including phenoxy) is 1. The van der Waals surface area contributed by atoms with Gasteiger partial charge in [0.15, 0.2) is 11.6 Å². The summed E-state index contributed by atoms with van der Waals surface area (Å²) >= 11 is 6.15. The number of aliphatic hydroxyl groups excluding tert-OH is 1. The Hall–Kier alpha value is -2.15. The molecule has 0 fully saturated rings. The number of halogens is 2. The molecule has 0 radical (unpaired) electrons. The molecule has 2 aromatic carbocycles. The summed E-state index contributed by atoms with van der Waals surface area (Å²) in [6.07, 6.45) is 0.754. The van der Waals surface area contributed by atoms with Crippen LogP contribution in [-0.2, 0) is 11.4 Å². The molecule has 0 aliphatic heterocycles. The zero-order valence-corrected chi connectivity index (χ0v) is 16.1. The second-order valence-electron chi connectivity index (χ2n) is 6.39. The molecule has 4 N–H and O–H groups in total. The van der Waals surface area contributed by atoms with Crippen LogP contribution in [0.5, 0.6) is 11.5 Å². The lowest BCUT2D eigenvalue weighted by molar-refractivity contribution is -0.118. The van der Waals surface area contributed by atoms with Crippen molar-refractivity contribution in [3.05, 3.63) is 58.4 Å². The summed E-state index contributed by atoms with van der Waals surface area (Å²) in [5.74, 6) is -0.689. The number of carbonyl (C=O) groups is 1. The Balaban J connectivity index is 2.30. The second-order valence-corrected chi connectivity index (χ2v) is 6.79. The summed E-state index contributed by atoms with van der Waals surface area (Å²) in [5.41, 5.74) is 6.27. The number of hydrogen-bond donors (Lipinski definition) is 3. The van der Waals surface area contributed by atoms with Crippen molar-refractivity contribution < 1.29 is 19.0 Å². The molecule has 0 aliphatic carbocycles. The highest BCUT2D eigenvalue weighted by Gasteiger charge is 2.22. The van der Waals surface area contributed by atoms with Crippen molar-refractivity contribution in [3.63, 3.8) is 0 Å². The van der Waals surface area contributed by atoms with Crippen molar-refractivity contribution >= 4 is 17.5 Å². The summed E-state index contributed by atoms with van der Waals surface area (Å²) in [6, 6.07) is 9.37. The third kappa shape index (κ3) is 5.66. The fourth-order valence-electron chi connectivity index (χ4n) is 2.87. The van der Waals surface area contributed by atoms with Crippen LogP contribution in [0.3, 0.4) is 0 Å².